The first-order valence-corrected chi connectivity index (χ1v) is 7.05. The number of benzene rings is 1. The summed E-state index contributed by atoms with van der Waals surface area (Å²) in [5, 5.41) is 3.30. The highest BCUT2D eigenvalue weighted by Crippen LogP contribution is 2.15. The molecular weight excluding hydrogens is 259 g/mol. The Kier molecular flexibility index (Phi) is 5.35. The SMILES string of the molecule is CC1CN(C(=O)CCCOc2ccccc2F)CCN1. The van der Waals surface area contributed by atoms with E-state index in [2.05, 4.69) is 12.2 Å². The maximum absolute atomic E-state index is 13.3. The minimum atomic E-state index is -0.366. The number of carbonyl (C=O) groups is 1. The van der Waals surface area contributed by atoms with E-state index in [0.717, 1.165) is 19.6 Å². The van der Waals surface area contributed by atoms with Crippen LogP contribution in [0.1, 0.15) is 19.8 Å². The first kappa shape index (κ1) is 14.8. The van der Waals surface area contributed by atoms with Gasteiger partial charge in [-0.3, -0.25) is 4.79 Å². The Hall–Kier alpha value is -1.62. The van der Waals surface area contributed by atoms with Gasteiger partial charge in [0.15, 0.2) is 11.6 Å². The normalized spacial score (nSPS) is 18.9. The number of hydrogen-bond acceptors (Lipinski definition) is 3. The molecule has 1 amide bonds. The molecule has 1 N–H and O–H groups in total. The average molecular weight is 280 g/mol. The number of para-hydroxylation sites is 1. The number of rotatable bonds is 5. The minimum absolute atomic E-state index is 0.149. The number of halogens is 1. The van der Waals surface area contributed by atoms with E-state index in [1.807, 2.05) is 4.90 Å². The van der Waals surface area contributed by atoms with Crippen LogP contribution in [0.25, 0.3) is 0 Å². The molecule has 1 heterocycles. The van der Waals surface area contributed by atoms with Crippen molar-refractivity contribution in [3.05, 3.63) is 30.1 Å². The fraction of sp³-hybridized carbons (Fsp3) is 0.533. The number of hydrogen-bond donors (Lipinski definition) is 1. The van der Waals surface area contributed by atoms with Crippen molar-refractivity contribution in [1.82, 2.24) is 10.2 Å². The average Bonchev–Trinajstić information content (AvgIpc) is 2.45. The van der Waals surface area contributed by atoms with Crippen LogP contribution in [-0.2, 0) is 4.79 Å². The van der Waals surface area contributed by atoms with Crippen molar-refractivity contribution in [3.63, 3.8) is 0 Å². The Balaban J connectivity index is 1.68. The van der Waals surface area contributed by atoms with Crippen LogP contribution < -0.4 is 10.1 Å². The lowest BCUT2D eigenvalue weighted by Crippen LogP contribution is -2.51. The van der Waals surface area contributed by atoms with E-state index in [0.29, 0.717) is 25.5 Å². The van der Waals surface area contributed by atoms with Gasteiger partial charge in [-0.25, -0.2) is 4.39 Å². The lowest BCUT2D eigenvalue weighted by Gasteiger charge is -2.32. The van der Waals surface area contributed by atoms with Gasteiger partial charge in [0, 0.05) is 32.1 Å². The van der Waals surface area contributed by atoms with Crippen LogP contribution >= 0.6 is 0 Å². The van der Waals surface area contributed by atoms with E-state index in [4.69, 9.17) is 4.74 Å². The van der Waals surface area contributed by atoms with Crippen LogP contribution in [-0.4, -0.2) is 43.1 Å². The van der Waals surface area contributed by atoms with E-state index >= 15 is 0 Å². The molecule has 1 fully saturated rings. The molecule has 0 aliphatic carbocycles. The summed E-state index contributed by atoms with van der Waals surface area (Å²) in [7, 11) is 0. The van der Waals surface area contributed by atoms with E-state index in [-0.39, 0.29) is 17.5 Å². The predicted octanol–water partition coefficient (Wildman–Crippen LogP) is 1.80. The molecule has 1 atom stereocenters. The van der Waals surface area contributed by atoms with Gasteiger partial charge in [-0.1, -0.05) is 12.1 Å². The lowest BCUT2D eigenvalue weighted by atomic mass is 10.2. The van der Waals surface area contributed by atoms with Gasteiger partial charge in [0.05, 0.1) is 6.61 Å². The molecule has 1 aromatic rings. The molecule has 4 nitrogen and oxygen atoms in total. The van der Waals surface area contributed by atoms with Gasteiger partial charge in [-0.2, -0.15) is 0 Å². The summed E-state index contributed by atoms with van der Waals surface area (Å²) in [6, 6.07) is 6.66. The van der Waals surface area contributed by atoms with E-state index in [1.165, 1.54) is 6.07 Å². The Morgan fingerprint density at radius 1 is 1.50 bits per heavy atom. The summed E-state index contributed by atoms with van der Waals surface area (Å²) >= 11 is 0. The van der Waals surface area contributed by atoms with E-state index < -0.39 is 0 Å². The van der Waals surface area contributed by atoms with Gasteiger partial charge in [-0.05, 0) is 25.5 Å². The van der Waals surface area contributed by atoms with Crippen molar-refractivity contribution in [1.29, 1.82) is 0 Å². The summed E-state index contributed by atoms with van der Waals surface area (Å²) in [6.45, 7) is 4.79. The van der Waals surface area contributed by atoms with E-state index in [1.54, 1.807) is 18.2 Å². The molecule has 5 heteroatoms. The molecule has 0 saturated carbocycles. The third kappa shape index (κ3) is 4.20. The van der Waals surface area contributed by atoms with Crippen LogP contribution in [0.5, 0.6) is 5.75 Å². The fourth-order valence-corrected chi connectivity index (χ4v) is 2.28. The van der Waals surface area contributed by atoms with Gasteiger partial charge in [0.1, 0.15) is 0 Å². The van der Waals surface area contributed by atoms with Crippen molar-refractivity contribution in [2.45, 2.75) is 25.8 Å². The third-order valence-corrected chi connectivity index (χ3v) is 3.35. The van der Waals surface area contributed by atoms with Crippen LogP contribution in [0.2, 0.25) is 0 Å². The topological polar surface area (TPSA) is 41.6 Å². The Labute approximate surface area is 118 Å². The number of piperazine rings is 1. The molecule has 0 bridgehead atoms. The molecule has 2 rings (SSSR count). The zero-order chi connectivity index (χ0) is 14.4. The van der Waals surface area contributed by atoms with Gasteiger partial charge in [-0.15, -0.1) is 0 Å². The van der Waals surface area contributed by atoms with Crippen LogP contribution in [0.15, 0.2) is 24.3 Å². The highest BCUT2D eigenvalue weighted by molar-refractivity contribution is 5.76. The van der Waals surface area contributed by atoms with Crippen molar-refractivity contribution in [3.8, 4) is 5.75 Å². The standard InChI is InChI=1S/C15H21FN2O2/c1-12-11-18(9-8-17-12)15(19)7-4-10-20-14-6-3-2-5-13(14)16/h2-3,5-6,12,17H,4,7-11H2,1H3. The molecule has 1 saturated heterocycles. The summed E-state index contributed by atoms with van der Waals surface area (Å²) in [5.74, 6) is 0.0287. The highest BCUT2D eigenvalue weighted by atomic mass is 19.1. The van der Waals surface area contributed by atoms with Crippen LogP contribution in [0.3, 0.4) is 0 Å². The summed E-state index contributed by atoms with van der Waals surface area (Å²) in [5.41, 5.74) is 0. The molecule has 110 valence electrons. The van der Waals surface area contributed by atoms with Gasteiger partial charge in [0.25, 0.3) is 0 Å². The van der Waals surface area contributed by atoms with Gasteiger partial charge < -0.3 is 15.0 Å². The summed E-state index contributed by atoms with van der Waals surface area (Å²) in [4.78, 5) is 13.9. The number of carbonyl (C=O) groups excluding carboxylic acids is 1. The van der Waals surface area contributed by atoms with Crippen molar-refractivity contribution in [2.75, 3.05) is 26.2 Å². The molecule has 0 aromatic heterocycles. The maximum Gasteiger partial charge on any atom is 0.222 e. The largest absolute Gasteiger partial charge is 0.491 e. The fourth-order valence-electron chi connectivity index (χ4n) is 2.28. The zero-order valence-corrected chi connectivity index (χ0v) is 11.8. The second-order valence-electron chi connectivity index (χ2n) is 5.08. The zero-order valence-electron chi connectivity index (χ0n) is 11.8. The minimum Gasteiger partial charge on any atom is -0.491 e. The van der Waals surface area contributed by atoms with Crippen LogP contribution in [0.4, 0.5) is 4.39 Å². The third-order valence-electron chi connectivity index (χ3n) is 3.35. The van der Waals surface area contributed by atoms with Gasteiger partial charge in [0.2, 0.25) is 5.91 Å². The molecule has 20 heavy (non-hydrogen) atoms. The molecule has 1 unspecified atom stereocenters. The number of amides is 1. The van der Waals surface area contributed by atoms with Gasteiger partial charge >= 0.3 is 0 Å². The molecule has 1 aromatic carbocycles. The van der Waals surface area contributed by atoms with Crippen LogP contribution in [0, 0.1) is 5.82 Å². The number of nitrogens with zero attached hydrogens (tertiary/aromatic N) is 1. The summed E-state index contributed by atoms with van der Waals surface area (Å²) < 4.78 is 18.6. The van der Waals surface area contributed by atoms with Crippen molar-refractivity contribution >= 4 is 5.91 Å². The second-order valence-corrected chi connectivity index (χ2v) is 5.08. The molecule has 1 aliphatic rings. The second kappa shape index (κ2) is 7.24. The van der Waals surface area contributed by atoms with Crippen molar-refractivity contribution < 1.29 is 13.9 Å². The Morgan fingerprint density at radius 2 is 2.30 bits per heavy atom. The molecule has 0 radical (unpaired) electrons. The van der Waals surface area contributed by atoms with Crippen molar-refractivity contribution in [2.24, 2.45) is 0 Å². The molecular formula is C15H21FN2O2. The monoisotopic (exact) mass is 280 g/mol. The quantitative estimate of drug-likeness (QED) is 0.836. The lowest BCUT2D eigenvalue weighted by molar-refractivity contribution is -0.132. The molecule has 1 aliphatic heterocycles. The Bertz CT molecular complexity index is 453. The first-order chi connectivity index (χ1) is 9.66. The van der Waals surface area contributed by atoms with E-state index in [9.17, 15) is 9.18 Å². The molecule has 0 spiro atoms. The first-order valence-electron chi connectivity index (χ1n) is 7.05. The number of ether oxygens (including phenoxy) is 1. The predicted molar refractivity (Wildman–Crippen MR) is 75.2 cm³/mol. The smallest absolute Gasteiger partial charge is 0.222 e. The summed E-state index contributed by atoms with van der Waals surface area (Å²) in [6.07, 6.45) is 1.05. The Morgan fingerprint density at radius 3 is 3.05 bits per heavy atom. The number of nitrogens with one attached hydrogen (secondary N) is 1. The maximum atomic E-state index is 13.3. The highest BCUT2D eigenvalue weighted by Gasteiger charge is 2.19.